The predicted octanol–water partition coefficient (Wildman–Crippen LogP) is 2.49. The molecule has 1 heterocycles. The maximum absolute atomic E-state index is 5.74. The van der Waals surface area contributed by atoms with E-state index in [-0.39, 0.29) is 0 Å². The van der Waals surface area contributed by atoms with Crippen molar-refractivity contribution in [3.05, 3.63) is 41.3 Å². The van der Waals surface area contributed by atoms with Crippen molar-refractivity contribution in [2.24, 2.45) is 0 Å². The van der Waals surface area contributed by atoms with Crippen LogP contribution in [0.1, 0.15) is 0 Å². The summed E-state index contributed by atoms with van der Waals surface area (Å²) < 4.78 is 1.01. The van der Waals surface area contributed by atoms with Crippen molar-refractivity contribution in [2.45, 2.75) is 0 Å². The van der Waals surface area contributed by atoms with Gasteiger partial charge < -0.3 is 5.73 Å². The maximum Gasteiger partial charge on any atom is 0.134 e. The highest BCUT2D eigenvalue weighted by Crippen LogP contribution is 2.25. The monoisotopic (exact) mass is 249 g/mol. The molecule has 1 aromatic heterocycles. The minimum atomic E-state index is 0.498. The number of nitrogens with zero attached hydrogens (tertiary/aromatic N) is 2. The molecule has 0 aliphatic carbocycles. The quantitative estimate of drug-likeness (QED) is 0.845. The molecule has 0 saturated heterocycles. The standard InChI is InChI=1S/C10H8BrN3/c11-8-3-1-2-7(4-8)9-5-13-6-14-10(9)12/h1-6H,(H2,12,13,14). The summed E-state index contributed by atoms with van der Waals surface area (Å²) in [7, 11) is 0. The van der Waals surface area contributed by atoms with Gasteiger partial charge in [-0.3, -0.25) is 0 Å². The first-order valence-electron chi connectivity index (χ1n) is 4.09. The van der Waals surface area contributed by atoms with Gasteiger partial charge in [-0.15, -0.1) is 0 Å². The zero-order chi connectivity index (χ0) is 9.97. The maximum atomic E-state index is 5.74. The fraction of sp³-hybridized carbons (Fsp3) is 0. The first-order valence-corrected chi connectivity index (χ1v) is 4.88. The first kappa shape index (κ1) is 9.15. The van der Waals surface area contributed by atoms with Gasteiger partial charge in [-0.05, 0) is 17.7 Å². The van der Waals surface area contributed by atoms with Crippen LogP contribution in [0.3, 0.4) is 0 Å². The third kappa shape index (κ3) is 1.75. The number of hydrogen-bond donors (Lipinski definition) is 1. The number of anilines is 1. The molecule has 0 aliphatic rings. The lowest BCUT2D eigenvalue weighted by molar-refractivity contribution is 1.18. The van der Waals surface area contributed by atoms with Crippen LogP contribution in [0.25, 0.3) is 11.1 Å². The number of halogens is 1. The smallest absolute Gasteiger partial charge is 0.134 e. The van der Waals surface area contributed by atoms with Gasteiger partial charge >= 0.3 is 0 Å². The summed E-state index contributed by atoms with van der Waals surface area (Å²) in [5.74, 6) is 0.498. The Bertz CT molecular complexity index is 457. The predicted molar refractivity (Wildman–Crippen MR) is 59.6 cm³/mol. The summed E-state index contributed by atoms with van der Waals surface area (Å²) in [6, 6.07) is 7.87. The van der Waals surface area contributed by atoms with E-state index < -0.39 is 0 Å². The molecular weight excluding hydrogens is 242 g/mol. The largest absolute Gasteiger partial charge is 0.383 e. The Morgan fingerprint density at radius 1 is 1.29 bits per heavy atom. The number of nitrogens with two attached hydrogens (primary N) is 1. The highest BCUT2D eigenvalue weighted by Gasteiger charge is 2.02. The van der Waals surface area contributed by atoms with Crippen molar-refractivity contribution in [3.63, 3.8) is 0 Å². The van der Waals surface area contributed by atoms with Crippen LogP contribution in [0, 0.1) is 0 Å². The molecule has 0 aliphatic heterocycles. The second kappa shape index (κ2) is 3.75. The molecule has 1 aromatic carbocycles. The number of rotatable bonds is 1. The van der Waals surface area contributed by atoms with Gasteiger partial charge in [0.25, 0.3) is 0 Å². The van der Waals surface area contributed by atoms with E-state index in [4.69, 9.17) is 5.73 Å². The van der Waals surface area contributed by atoms with E-state index in [1.807, 2.05) is 24.3 Å². The molecule has 0 radical (unpaired) electrons. The van der Waals surface area contributed by atoms with Crippen LogP contribution < -0.4 is 5.73 Å². The van der Waals surface area contributed by atoms with Gasteiger partial charge in [-0.25, -0.2) is 9.97 Å². The van der Waals surface area contributed by atoms with Gasteiger partial charge in [0.2, 0.25) is 0 Å². The Hall–Kier alpha value is -1.42. The molecule has 0 fully saturated rings. The Kier molecular flexibility index (Phi) is 2.45. The van der Waals surface area contributed by atoms with E-state index in [0.29, 0.717) is 5.82 Å². The molecule has 0 saturated carbocycles. The molecule has 2 rings (SSSR count). The normalized spacial score (nSPS) is 10.1. The Labute approximate surface area is 90.1 Å². The van der Waals surface area contributed by atoms with E-state index in [0.717, 1.165) is 15.6 Å². The van der Waals surface area contributed by atoms with E-state index >= 15 is 0 Å². The molecule has 0 bridgehead atoms. The highest BCUT2D eigenvalue weighted by atomic mass is 79.9. The summed E-state index contributed by atoms with van der Waals surface area (Å²) in [6.07, 6.45) is 3.15. The summed E-state index contributed by atoms with van der Waals surface area (Å²) in [6.45, 7) is 0. The lowest BCUT2D eigenvalue weighted by Crippen LogP contribution is -1.94. The van der Waals surface area contributed by atoms with Crippen LogP contribution in [0.2, 0.25) is 0 Å². The molecule has 0 atom stereocenters. The molecular formula is C10H8BrN3. The van der Waals surface area contributed by atoms with Crippen LogP contribution in [-0.4, -0.2) is 9.97 Å². The minimum Gasteiger partial charge on any atom is -0.383 e. The van der Waals surface area contributed by atoms with Crippen LogP contribution in [0.5, 0.6) is 0 Å². The second-order valence-electron chi connectivity index (χ2n) is 2.83. The average Bonchev–Trinajstić information content (AvgIpc) is 2.18. The second-order valence-corrected chi connectivity index (χ2v) is 3.75. The SMILES string of the molecule is Nc1ncncc1-c1cccc(Br)c1. The molecule has 0 amide bonds. The van der Waals surface area contributed by atoms with Gasteiger partial charge in [-0.2, -0.15) is 0 Å². The van der Waals surface area contributed by atoms with Gasteiger partial charge in [-0.1, -0.05) is 28.1 Å². The van der Waals surface area contributed by atoms with E-state index in [1.54, 1.807) is 6.20 Å². The molecule has 3 nitrogen and oxygen atoms in total. The third-order valence-electron chi connectivity index (χ3n) is 1.88. The van der Waals surface area contributed by atoms with E-state index in [1.165, 1.54) is 6.33 Å². The van der Waals surface area contributed by atoms with Crippen molar-refractivity contribution in [3.8, 4) is 11.1 Å². The number of aromatic nitrogens is 2. The first-order chi connectivity index (χ1) is 6.77. The number of nitrogen functional groups attached to an aromatic ring is 1. The minimum absolute atomic E-state index is 0.498. The van der Waals surface area contributed by atoms with Crippen LogP contribution in [-0.2, 0) is 0 Å². The zero-order valence-electron chi connectivity index (χ0n) is 7.31. The summed E-state index contributed by atoms with van der Waals surface area (Å²) in [5, 5.41) is 0. The Morgan fingerprint density at radius 2 is 2.14 bits per heavy atom. The van der Waals surface area contributed by atoms with Crippen molar-refractivity contribution < 1.29 is 0 Å². The molecule has 14 heavy (non-hydrogen) atoms. The lowest BCUT2D eigenvalue weighted by Gasteiger charge is -2.03. The summed E-state index contributed by atoms with van der Waals surface area (Å²) >= 11 is 3.40. The van der Waals surface area contributed by atoms with E-state index in [2.05, 4.69) is 25.9 Å². The van der Waals surface area contributed by atoms with Crippen molar-refractivity contribution in [1.82, 2.24) is 9.97 Å². The molecule has 2 aromatic rings. The fourth-order valence-corrected chi connectivity index (χ4v) is 1.62. The Morgan fingerprint density at radius 3 is 2.86 bits per heavy atom. The zero-order valence-corrected chi connectivity index (χ0v) is 8.90. The summed E-state index contributed by atoms with van der Waals surface area (Å²) in [4.78, 5) is 7.88. The molecule has 2 N–H and O–H groups in total. The van der Waals surface area contributed by atoms with Gasteiger partial charge in [0.05, 0.1) is 0 Å². The topological polar surface area (TPSA) is 51.8 Å². The van der Waals surface area contributed by atoms with Crippen LogP contribution in [0.15, 0.2) is 41.3 Å². The van der Waals surface area contributed by atoms with Crippen molar-refractivity contribution >= 4 is 21.7 Å². The average molecular weight is 250 g/mol. The molecule has 4 heteroatoms. The summed E-state index contributed by atoms with van der Waals surface area (Å²) in [5.41, 5.74) is 7.60. The molecule has 0 unspecified atom stereocenters. The molecule has 0 spiro atoms. The number of hydrogen-bond acceptors (Lipinski definition) is 3. The Balaban J connectivity index is 2.55. The fourth-order valence-electron chi connectivity index (χ4n) is 1.22. The van der Waals surface area contributed by atoms with Gasteiger partial charge in [0, 0.05) is 16.2 Å². The highest BCUT2D eigenvalue weighted by molar-refractivity contribution is 9.10. The van der Waals surface area contributed by atoms with Crippen LogP contribution in [0.4, 0.5) is 5.82 Å². The van der Waals surface area contributed by atoms with Crippen molar-refractivity contribution in [1.29, 1.82) is 0 Å². The van der Waals surface area contributed by atoms with E-state index in [9.17, 15) is 0 Å². The lowest BCUT2D eigenvalue weighted by atomic mass is 10.1. The number of benzene rings is 1. The van der Waals surface area contributed by atoms with Crippen LogP contribution >= 0.6 is 15.9 Å². The van der Waals surface area contributed by atoms with Gasteiger partial charge in [0.15, 0.2) is 0 Å². The molecule has 70 valence electrons. The third-order valence-corrected chi connectivity index (χ3v) is 2.37. The van der Waals surface area contributed by atoms with Gasteiger partial charge in [0.1, 0.15) is 12.1 Å². The van der Waals surface area contributed by atoms with Crippen molar-refractivity contribution in [2.75, 3.05) is 5.73 Å².